The lowest BCUT2D eigenvalue weighted by atomic mass is 10.1. The van der Waals surface area contributed by atoms with Crippen molar-refractivity contribution in [3.05, 3.63) is 0 Å². The second kappa shape index (κ2) is 5.85. The van der Waals surface area contributed by atoms with Crippen LogP contribution in [-0.2, 0) is 4.79 Å². The van der Waals surface area contributed by atoms with Gasteiger partial charge in [-0.2, -0.15) is 0 Å². The van der Waals surface area contributed by atoms with Gasteiger partial charge in [-0.3, -0.25) is 10.2 Å². The first-order valence-corrected chi connectivity index (χ1v) is 2.72. The molecule has 0 fully saturated rings. The molecule has 0 bridgehead atoms. The van der Waals surface area contributed by atoms with Gasteiger partial charge in [-0.05, 0) is 6.42 Å². The van der Waals surface area contributed by atoms with Crippen molar-refractivity contribution in [3.63, 3.8) is 0 Å². The lowest BCUT2D eigenvalue weighted by molar-refractivity contribution is -0.124. The zero-order valence-corrected chi connectivity index (χ0v) is 6.49. The molecule has 0 saturated carbocycles. The van der Waals surface area contributed by atoms with E-state index in [-0.39, 0.29) is 24.2 Å². The van der Waals surface area contributed by atoms with Crippen LogP contribution in [0.5, 0.6) is 0 Å². The van der Waals surface area contributed by atoms with E-state index in [4.69, 9.17) is 5.84 Å². The monoisotopic (exact) mass is 152 g/mol. The highest BCUT2D eigenvalue weighted by Crippen LogP contribution is 1.97. The maximum Gasteiger partial charge on any atom is 0.236 e. The molecule has 0 rings (SSSR count). The lowest BCUT2D eigenvalue weighted by Gasteiger charge is -2.03. The van der Waals surface area contributed by atoms with Gasteiger partial charge in [0.15, 0.2) is 0 Å². The first kappa shape index (κ1) is 11.5. The number of amides is 1. The second-order valence-corrected chi connectivity index (χ2v) is 1.82. The van der Waals surface area contributed by atoms with E-state index in [1.807, 2.05) is 13.8 Å². The van der Waals surface area contributed by atoms with Gasteiger partial charge in [-0.15, -0.1) is 12.4 Å². The van der Waals surface area contributed by atoms with Crippen molar-refractivity contribution in [2.45, 2.75) is 20.3 Å². The molecule has 0 aliphatic heterocycles. The number of carbonyl (C=O) groups is 1. The number of carbonyl (C=O) groups excluding carboxylic acids is 1. The molecule has 1 atom stereocenters. The highest BCUT2D eigenvalue weighted by molar-refractivity contribution is 5.85. The number of hydrogen-bond acceptors (Lipinski definition) is 2. The molecule has 3 N–H and O–H groups in total. The topological polar surface area (TPSA) is 55.1 Å². The number of nitrogens with two attached hydrogens (primary N) is 1. The van der Waals surface area contributed by atoms with Crippen molar-refractivity contribution in [1.82, 2.24) is 5.43 Å². The van der Waals surface area contributed by atoms with Crippen LogP contribution in [-0.4, -0.2) is 5.91 Å². The predicted octanol–water partition coefficient (Wildman–Crippen LogP) is 0.444. The largest absolute Gasteiger partial charge is 0.294 e. The molecular weight excluding hydrogens is 140 g/mol. The predicted molar refractivity (Wildman–Crippen MR) is 39.0 cm³/mol. The minimum atomic E-state index is -0.0903. The van der Waals surface area contributed by atoms with Crippen molar-refractivity contribution in [1.29, 1.82) is 0 Å². The average molecular weight is 153 g/mol. The molecule has 1 unspecified atom stereocenters. The smallest absolute Gasteiger partial charge is 0.236 e. The molecule has 56 valence electrons. The van der Waals surface area contributed by atoms with E-state index in [0.29, 0.717) is 0 Å². The van der Waals surface area contributed by atoms with Crippen LogP contribution in [0.15, 0.2) is 0 Å². The molecule has 0 aromatic carbocycles. The summed E-state index contributed by atoms with van der Waals surface area (Å²) in [7, 11) is 0. The zero-order chi connectivity index (χ0) is 6.57. The molecule has 4 heteroatoms. The second-order valence-electron chi connectivity index (χ2n) is 1.82. The van der Waals surface area contributed by atoms with E-state index in [1.165, 1.54) is 0 Å². The van der Waals surface area contributed by atoms with E-state index in [1.54, 1.807) is 0 Å². The molecule has 1 amide bonds. The van der Waals surface area contributed by atoms with Gasteiger partial charge in [0.25, 0.3) is 0 Å². The third-order valence-electron chi connectivity index (χ3n) is 1.20. The molecule has 0 aromatic rings. The van der Waals surface area contributed by atoms with Crippen LogP contribution in [0.1, 0.15) is 20.3 Å². The van der Waals surface area contributed by atoms with Crippen LogP contribution >= 0.6 is 12.4 Å². The van der Waals surface area contributed by atoms with Gasteiger partial charge in [0, 0.05) is 5.92 Å². The van der Waals surface area contributed by atoms with Crippen LogP contribution in [0, 0.1) is 5.92 Å². The summed E-state index contributed by atoms with van der Waals surface area (Å²) in [4.78, 5) is 10.5. The van der Waals surface area contributed by atoms with Gasteiger partial charge >= 0.3 is 0 Å². The summed E-state index contributed by atoms with van der Waals surface area (Å²) in [6.45, 7) is 3.78. The number of nitrogens with one attached hydrogen (secondary N) is 1. The molecule has 0 spiro atoms. The standard InChI is InChI=1S/C5H12N2O.ClH/c1-3-4(2)5(8)7-6;/h4H,3,6H2,1-2H3,(H,7,8);1H. The Labute approximate surface area is 61.4 Å². The van der Waals surface area contributed by atoms with Gasteiger partial charge < -0.3 is 0 Å². The van der Waals surface area contributed by atoms with E-state index in [0.717, 1.165) is 6.42 Å². The van der Waals surface area contributed by atoms with E-state index in [2.05, 4.69) is 5.43 Å². The van der Waals surface area contributed by atoms with Crippen LogP contribution in [0.25, 0.3) is 0 Å². The normalized spacial score (nSPS) is 11.4. The molecule has 0 saturated heterocycles. The van der Waals surface area contributed by atoms with Crippen LogP contribution in [0.3, 0.4) is 0 Å². The van der Waals surface area contributed by atoms with Crippen LogP contribution in [0.2, 0.25) is 0 Å². The summed E-state index contributed by atoms with van der Waals surface area (Å²) in [6.07, 6.45) is 0.836. The van der Waals surface area contributed by atoms with E-state index in [9.17, 15) is 4.79 Å². The third-order valence-corrected chi connectivity index (χ3v) is 1.20. The Balaban J connectivity index is 0. The fourth-order valence-corrected chi connectivity index (χ4v) is 0.328. The van der Waals surface area contributed by atoms with E-state index >= 15 is 0 Å². The zero-order valence-electron chi connectivity index (χ0n) is 5.68. The quantitative estimate of drug-likeness (QED) is 0.343. The fourth-order valence-electron chi connectivity index (χ4n) is 0.328. The van der Waals surface area contributed by atoms with Crippen LogP contribution in [0.4, 0.5) is 0 Å². The number of hydrogen-bond donors (Lipinski definition) is 2. The summed E-state index contributed by atoms with van der Waals surface area (Å²) in [6, 6.07) is 0. The summed E-state index contributed by atoms with van der Waals surface area (Å²) in [5, 5.41) is 0. The summed E-state index contributed by atoms with van der Waals surface area (Å²) in [5.41, 5.74) is 2.08. The van der Waals surface area contributed by atoms with Gasteiger partial charge in [0.05, 0.1) is 0 Å². The fraction of sp³-hybridized carbons (Fsp3) is 0.800. The molecule has 0 aliphatic rings. The Hall–Kier alpha value is -0.280. The minimum absolute atomic E-state index is 0. The Bertz CT molecular complexity index is 87.0. The van der Waals surface area contributed by atoms with Gasteiger partial charge in [-0.25, -0.2) is 5.84 Å². The molecule has 9 heavy (non-hydrogen) atoms. The summed E-state index contributed by atoms with van der Waals surface area (Å²) < 4.78 is 0. The molecule has 0 radical (unpaired) electrons. The van der Waals surface area contributed by atoms with Crippen molar-refractivity contribution >= 4 is 18.3 Å². The van der Waals surface area contributed by atoms with Crippen LogP contribution < -0.4 is 11.3 Å². The molecule has 3 nitrogen and oxygen atoms in total. The Morgan fingerprint density at radius 1 is 1.78 bits per heavy atom. The summed E-state index contributed by atoms with van der Waals surface area (Å²) >= 11 is 0. The third kappa shape index (κ3) is 4.24. The first-order valence-electron chi connectivity index (χ1n) is 2.72. The maximum atomic E-state index is 10.5. The Kier molecular flexibility index (Phi) is 7.48. The van der Waals surface area contributed by atoms with Crippen molar-refractivity contribution in [2.24, 2.45) is 11.8 Å². The average Bonchev–Trinajstić information content (AvgIpc) is 1.84. The molecule has 0 aliphatic carbocycles. The number of rotatable bonds is 2. The highest BCUT2D eigenvalue weighted by atomic mass is 35.5. The van der Waals surface area contributed by atoms with Gasteiger partial charge in [-0.1, -0.05) is 13.8 Å². The Morgan fingerprint density at radius 3 is 2.33 bits per heavy atom. The lowest BCUT2D eigenvalue weighted by Crippen LogP contribution is -2.34. The first-order chi connectivity index (χ1) is 3.72. The molecule has 0 heterocycles. The molecule has 0 aromatic heterocycles. The summed E-state index contributed by atoms with van der Waals surface area (Å²) in [5.74, 6) is 4.80. The molecular formula is C5H13ClN2O. The van der Waals surface area contributed by atoms with Gasteiger partial charge in [0.2, 0.25) is 5.91 Å². The highest BCUT2D eigenvalue weighted by Gasteiger charge is 2.06. The number of hydrazine groups is 1. The maximum absolute atomic E-state index is 10.5. The minimum Gasteiger partial charge on any atom is -0.294 e. The SMILES string of the molecule is CCC(C)C(=O)NN.Cl. The van der Waals surface area contributed by atoms with Crippen molar-refractivity contribution in [2.75, 3.05) is 0 Å². The van der Waals surface area contributed by atoms with Crippen molar-refractivity contribution in [3.8, 4) is 0 Å². The Morgan fingerprint density at radius 2 is 2.22 bits per heavy atom. The van der Waals surface area contributed by atoms with E-state index < -0.39 is 0 Å². The van der Waals surface area contributed by atoms with Crippen molar-refractivity contribution < 1.29 is 4.79 Å². The van der Waals surface area contributed by atoms with Gasteiger partial charge in [0.1, 0.15) is 0 Å². The number of halogens is 1.